The third-order valence-electron chi connectivity index (χ3n) is 2.22. The van der Waals surface area contributed by atoms with Crippen molar-refractivity contribution in [1.82, 2.24) is 9.88 Å². The van der Waals surface area contributed by atoms with E-state index in [0.717, 1.165) is 6.07 Å². The standard InChI is InChI=1S/C10H10BrF2N3O5/c11-6-3-7(16(19)20)9(14-4-6)21-2-1-15(10(17)18)5-8(12)13/h3-4,8H,1-2,5H2,(H,17,18). The summed E-state index contributed by atoms with van der Waals surface area (Å²) in [7, 11) is 0. The van der Waals surface area contributed by atoms with Crippen LogP contribution in [0.4, 0.5) is 19.3 Å². The highest BCUT2D eigenvalue weighted by Crippen LogP contribution is 2.27. The lowest BCUT2D eigenvalue weighted by atomic mass is 10.4. The SMILES string of the molecule is O=C(O)N(CCOc1ncc(Br)cc1[N+](=O)[O-])CC(F)F. The zero-order valence-corrected chi connectivity index (χ0v) is 12.0. The fourth-order valence-corrected chi connectivity index (χ4v) is 1.66. The van der Waals surface area contributed by atoms with Crippen LogP contribution >= 0.6 is 15.9 Å². The predicted molar refractivity (Wildman–Crippen MR) is 69.7 cm³/mol. The third-order valence-corrected chi connectivity index (χ3v) is 2.66. The Morgan fingerprint density at radius 3 is 2.81 bits per heavy atom. The third kappa shape index (κ3) is 5.45. The van der Waals surface area contributed by atoms with Gasteiger partial charge in [-0.3, -0.25) is 15.0 Å². The highest BCUT2D eigenvalue weighted by atomic mass is 79.9. The number of ether oxygens (including phenoxy) is 1. The van der Waals surface area contributed by atoms with E-state index in [-0.39, 0.29) is 19.0 Å². The van der Waals surface area contributed by atoms with E-state index in [0.29, 0.717) is 9.37 Å². The average Bonchev–Trinajstić information content (AvgIpc) is 2.38. The maximum atomic E-state index is 12.2. The lowest BCUT2D eigenvalue weighted by Gasteiger charge is -2.18. The molecule has 1 aromatic rings. The number of halogens is 3. The van der Waals surface area contributed by atoms with Gasteiger partial charge in [-0.15, -0.1) is 0 Å². The Balaban J connectivity index is 2.66. The van der Waals surface area contributed by atoms with Crippen LogP contribution in [0, 0.1) is 10.1 Å². The smallest absolute Gasteiger partial charge is 0.407 e. The van der Waals surface area contributed by atoms with Crippen molar-refractivity contribution in [1.29, 1.82) is 0 Å². The van der Waals surface area contributed by atoms with E-state index in [1.165, 1.54) is 6.20 Å². The summed E-state index contributed by atoms with van der Waals surface area (Å²) in [6.45, 7) is -1.67. The molecule has 21 heavy (non-hydrogen) atoms. The molecule has 116 valence electrons. The van der Waals surface area contributed by atoms with Crippen molar-refractivity contribution in [3.8, 4) is 5.88 Å². The first kappa shape index (κ1) is 17.0. The lowest BCUT2D eigenvalue weighted by Crippen LogP contribution is -2.37. The van der Waals surface area contributed by atoms with Crippen molar-refractivity contribution >= 4 is 27.7 Å². The molecule has 0 unspecified atom stereocenters. The van der Waals surface area contributed by atoms with Gasteiger partial charge >= 0.3 is 11.8 Å². The molecule has 0 bridgehead atoms. The quantitative estimate of drug-likeness (QED) is 0.584. The summed E-state index contributed by atoms with van der Waals surface area (Å²) in [4.78, 5) is 24.9. The fraction of sp³-hybridized carbons (Fsp3) is 0.400. The maximum Gasteiger partial charge on any atom is 0.407 e. The second-order valence-corrected chi connectivity index (χ2v) is 4.62. The van der Waals surface area contributed by atoms with Gasteiger partial charge in [-0.25, -0.2) is 18.6 Å². The highest BCUT2D eigenvalue weighted by molar-refractivity contribution is 9.10. The summed E-state index contributed by atoms with van der Waals surface area (Å²) in [5.74, 6) is -0.314. The van der Waals surface area contributed by atoms with Crippen LogP contribution in [0.3, 0.4) is 0 Å². The Bertz CT molecular complexity index is 531. The van der Waals surface area contributed by atoms with Gasteiger partial charge in [0, 0.05) is 16.7 Å². The molecule has 0 aliphatic carbocycles. The fourth-order valence-electron chi connectivity index (χ4n) is 1.34. The second-order valence-electron chi connectivity index (χ2n) is 3.70. The van der Waals surface area contributed by atoms with Crippen LogP contribution in [-0.4, -0.2) is 52.1 Å². The molecule has 0 saturated heterocycles. The van der Waals surface area contributed by atoms with Crippen LogP contribution in [0.5, 0.6) is 5.88 Å². The van der Waals surface area contributed by atoms with E-state index >= 15 is 0 Å². The molecule has 1 heterocycles. The van der Waals surface area contributed by atoms with Crippen LogP contribution in [0.15, 0.2) is 16.7 Å². The van der Waals surface area contributed by atoms with E-state index in [4.69, 9.17) is 9.84 Å². The molecule has 1 N–H and O–H groups in total. The van der Waals surface area contributed by atoms with Crippen molar-refractivity contribution in [2.45, 2.75) is 6.43 Å². The van der Waals surface area contributed by atoms with Gasteiger partial charge in [0.15, 0.2) is 0 Å². The Morgan fingerprint density at radius 2 is 2.29 bits per heavy atom. The molecule has 1 rings (SSSR count). The van der Waals surface area contributed by atoms with Crippen molar-refractivity contribution in [3.63, 3.8) is 0 Å². The van der Waals surface area contributed by atoms with Gasteiger partial charge in [-0.05, 0) is 15.9 Å². The van der Waals surface area contributed by atoms with E-state index in [1.54, 1.807) is 0 Å². The minimum atomic E-state index is -2.82. The second kappa shape index (κ2) is 7.67. The van der Waals surface area contributed by atoms with Crippen molar-refractivity contribution in [2.75, 3.05) is 19.7 Å². The van der Waals surface area contributed by atoms with Gasteiger partial charge in [0.1, 0.15) is 6.61 Å². The molecule has 8 nitrogen and oxygen atoms in total. The summed E-state index contributed by atoms with van der Waals surface area (Å²) < 4.78 is 29.7. The van der Waals surface area contributed by atoms with Crippen molar-refractivity contribution in [3.05, 3.63) is 26.9 Å². The number of pyridine rings is 1. The van der Waals surface area contributed by atoms with Gasteiger partial charge in [0.25, 0.3) is 12.3 Å². The molecular weight excluding hydrogens is 360 g/mol. The Kier molecular flexibility index (Phi) is 6.21. The number of nitro groups is 1. The summed E-state index contributed by atoms with van der Waals surface area (Å²) >= 11 is 3.01. The molecule has 0 aliphatic heterocycles. The number of carboxylic acid groups (broad SMARTS) is 1. The molecule has 0 spiro atoms. The first-order valence-electron chi connectivity index (χ1n) is 5.50. The summed E-state index contributed by atoms with van der Waals surface area (Å²) in [6.07, 6.45) is -3.09. The Morgan fingerprint density at radius 1 is 1.62 bits per heavy atom. The lowest BCUT2D eigenvalue weighted by molar-refractivity contribution is -0.386. The summed E-state index contributed by atoms with van der Waals surface area (Å²) in [5, 5.41) is 19.5. The van der Waals surface area contributed by atoms with Crippen LogP contribution in [0.25, 0.3) is 0 Å². The number of alkyl halides is 2. The molecule has 0 radical (unpaired) electrons. The van der Waals surface area contributed by atoms with Gasteiger partial charge in [0.2, 0.25) is 0 Å². The van der Waals surface area contributed by atoms with Gasteiger partial charge in [-0.1, -0.05) is 0 Å². The maximum absolute atomic E-state index is 12.2. The Hall–Kier alpha value is -2.04. The molecule has 11 heteroatoms. The van der Waals surface area contributed by atoms with Gasteiger partial charge in [-0.2, -0.15) is 0 Å². The van der Waals surface area contributed by atoms with E-state index in [2.05, 4.69) is 20.9 Å². The normalized spacial score (nSPS) is 10.5. The first-order valence-corrected chi connectivity index (χ1v) is 6.29. The Labute approximate surface area is 125 Å². The first-order chi connectivity index (χ1) is 9.81. The van der Waals surface area contributed by atoms with Crippen molar-refractivity contribution < 1.29 is 28.3 Å². The van der Waals surface area contributed by atoms with E-state index in [1.807, 2.05) is 0 Å². The molecule has 1 amide bonds. The van der Waals surface area contributed by atoms with Crippen LogP contribution in [0.1, 0.15) is 0 Å². The topological polar surface area (TPSA) is 106 Å². The average molecular weight is 370 g/mol. The molecule has 0 aliphatic rings. The van der Waals surface area contributed by atoms with Gasteiger partial charge in [0.05, 0.1) is 18.0 Å². The number of rotatable bonds is 7. The number of amides is 1. The molecule has 1 aromatic heterocycles. The van der Waals surface area contributed by atoms with E-state index < -0.39 is 29.7 Å². The zero-order valence-electron chi connectivity index (χ0n) is 10.4. The molecule has 0 aromatic carbocycles. The molecule has 0 atom stereocenters. The molecular formula is C10H10BrF2N3O5. The summed E-state index contributed by atoms with van der Waals surface area (Å²) in [5.41, 5.74) is -0.417. The number of carbonyl (C=O) groups is 1. The minimum absolute atomic E-state index is 0.314. The zero-order chi connectivity index (χ0) is 16.0. The minimum Gasteiger partial charge on any atom is -0.471 e. The highest BCUT2D eigenvalue weighted by Gasteiger charge is 2.20. The largest absolute Gasteiger partial charge is 0.471 e. The van der Waals surface area contributed by atoms with Crippen LogP contribution < -0.4 is 4.74 Å². The summed E-state index contributed by atoms with van der Waals surface area (Å²) in [6, 6.07) is 1.16. The number of hydrogen-bond acceptors (Lipinski definition) is 5. The van der Waals surface area contributed by atoms with Crippen molar-refractivity contribution in [2.24, 2.45) is 0 Å². The number of hydrogen-bond donors (Lipinski definition) is 1. The monoisotopic (exact) mass is 369 g/mol. The predicted octanol–water partition coefficient (Wildman–Crippen LogP) is 2.38. The number of nitrogens with zero attached hydrogens (tertiary/aromatic N) is 3. The van der Waals surface area contributed by atoms with E-state index in [9.17, 15) is 23.7 Å². The van der Waals surface area contributed by atoms with Crippen LogP contribution in [0.2, 0.25) is 0 Å². The number of aromatic nitrogens is 1. The molecule has 0 fully saturated rings. The van der Waals surface area contributed by atoms with Gasteiger partial charge < -0.3 is 9.84 Å². The van der Waals surface area contributed by atoms with Crippen LogP contribution in [-0.2, 0) is 0 Å². The molecule has 0 saturated carbocycles.